The maximum absolute atomic E-state index is 13.2. The number of hydrogen-bond donors (Lipinski definition) is 1. The molecule has 2 rings (SSSR count). The summed E-state index contributed by atoms with van der Waals surface area (Å²) in [5, 5.41) is 4.47. The molecule has 1 N–H and O–H groups in total. The minimum Gasteiger partial charge on any atom is -0.352 e. The molecule has 0 unspecified atom stereocenters. The predicted molar refractivity (Wildman–Crippen MR) is 96.4 cm³/mol. The van der Waals surface area contributed by atoms with Crippen LogP contribution in [0.3, 0.4) is 0 Å². The second-order valence-corrected chi connectivity index (χ2v) is 8.94. The largest absolute Gasteiger partial charge is 0.352 e. The van der Waals surface area contributed by atoms with Crippen molar-refractivity contribution in [2.24, 2.45) is 0 Å². The molecule has 1 amide bonds. The maximum atomic E-state index is 13.2. The monoisotopic (exact) mass is 384 g/mol. The van der Waals surface area contributed by atoms with Gasteiger partial charge in [0.15, 0.2) is 0 Å². The standard InChI is InChI=1S/C17H21FN2O3S2/c1-13-11-14(7-8-15(13)18)12-19-16(21)5-3-9-20(2)25(22,23)17-6-4-10-24-17/h4,6-8,10-11H,3,5,9,12H2,1-2H3,(H,19,21). The Labute approximate surface area is 151 Å². The van der Waals surface area contributed by atoms with Crippen LogP contribution in [-0.2, 0) is 21.4 Å². The summed E-state index contributed by atoms with van der Waals surface area (Å²) in [5.74, 6) is -0.436. The van der Waals surface area contributed by atoms with Gasteiger partial charge in [0.05, 0.1) is 0 Å². The van der Waals surface area contributed by atoms with E-state index in [0.717, 1.165) is 5.56 Å². The molecule has 0 aliphatic rings. The number of hydrogen-bond acceptors (Lipinski definition) is 4. The average Bonchev–Trinajstić information content (AvgIpc) is 3.11. The summed E-state index contributed by atoms with van der Waals surface area (Å²) in [5.41, 5.74) is 1.36. The van der Waals surface area contributed by atoms with E-state index >= 15 is 0 Å². The molecule has 0 aliphatic heterocycles. The number of nitrogens with one attached hydrogen (secondary N) is 1. The molecule has 25 heavy (non-hydrogen) atoms. The first kappa shape index (κ1) is 19.6. The number of amides is 1. The Bertz CT molecular complexity index is 820. The van der Waals surface area contributed by atoms with Crippen molar-refractivity contribution in [3.05, 3.63) is 52.7 Å². The number of aryl methyl sites for hydroxylation is 1. The van der Waals surface area contributed by atoms with Crippen LogP contribution in [0.1, 0.15) is 24.0 Å². The highest BCUT2D eigenvalue weighted by molar-refractivity contribution is 7.91. The van der Waals surface area contributed by atoms with Gasteiger partial charge in [0.2, 0.25) is 5.91 Å². The first-order valence-electron chi connectivity index (χ1n) is 7.82. The van der Waals surface area contributed by atoms with Gasteiger partial charge in [-0.3, -0.25) is 4.79 Å². The van der Waals surface area contributed by atoms with E-state index in [1.807, 2.05) is 0 Å². The number of thiophene rings is 1. The van der Waals surface area contributed by atoms with E-state index in [1.165, 1.54) is 28.8 Å². The second-order valence-electron chi connectivity index (χ2n) is 5.72. The van der Waals surface area contributed by atoms with Crippen molar-refractivity contribution in [2.45, 2.75) is 30.5 Å². The Morgan fingerprint density at radius 3 is 2.72 bits per heavy atom. The zero-order chi connectivity index (χ0) is 18.4. The zero-order valence-electron chi connectivity index (χ0n) is 14.2. The van der Waals surface area contributed by atoms with Crippen molar-refractivity contribution >= 4 is 27.3 Å². The van der Waals surface area contributed by atoms with E-state index in [0.29, 0.717) is 22.7 Å². The molecule has 0 spiro atoms. The van der Waals surface area contributed by atoms with Gasteiger partial charge in [0.25, 0.3) is 10.0 Å². The number of benzene rings is 1. The highest BCUT2D eigenvalue weighted by Crippen LogP contribution is 2.20. The molecule has 5 nitrogen and oxygen atoms in total. The van der Waals surface area contributed by atoms with E-state index in [-0.39, 0.29) is 24.7 Å². The van der Waals surface area contributed by atoms with E-state index in [1.54, 1.807) is 36.6 Å². The Hall–Kier alpha value is -1.77. The molecule has 0 fully saturated rings. The Balaban J connectivity index is 1.75. The van der Waals surface area contributed by atoms with Crippen LogP contribution in [0.5, 0.6) is 0 Å². The summed E-state index contributed by atoms with van der Waals surface area (Å²) in [4.78, 5) is 11.9. The van der Waals surface area contributed by atoms with Gasteiger partial charge in [0, 0.05) is 26.6 Å². The van der Waals surface area contributed by atoms with Gasteiger partial charge in [-0.15, -0.1) is 11.3 Å². The lowest BCUT2D eigenvalue weighted by atomic mass is 10.1. The van der Waals surface area contributed by atoms with E-state index in [4.69, 9.17) is 0 Å². The Morgan fingerprint density at radius 2 is 2.08 bits per heavy atom. The first-order valence-corrected chi connectivity index (χ1v) is 10.1. The summed E-state index contributed by atoms with van der Waals surface area (Å²) >= 11 is 1.17. The number of nitrogens with zero attached hydrogens (tertiary/aromatic N) is 1. The lowest BCUT2D eigenvalue weighted by Gasteiger charge is -2.15. The molecule has 0 saturated carbocycles. The quantitative estimate of drug-likeness (QED) is 0.761. The van der Waals surface area contributed by atoms with Crippen molar-refractivity contribution in [3.63, 3.8) is 0 Å². The van der Waals surface area contributed by atoms with Gasteiger partial charge in [-0.05, 0) is 42.0 Å². The van der Waals surface area contributed by atoms with Crippen LogP contribution < -0.4 is 5.32 Å². The third-order valence-electron chi connectivity index (χ3n) is 3.75. The zero-order valence-corrected chi connectivity index (χ0v) is 15.8. The molecule has 0 aliphatic carbocycles. The van der Waals surface area contributed by atoms with Crippen molar-refractivity contribution in [2.75, 3.05) is 13.6 Å². The molecular weight excluding hydrogens is 363 g/mol. The maximum Gasteiger partial charge on any atom is 0.252 e. The normalized spacial score (nSPS) is 11.7. The molecule has 0 bridgehead atoms. The summed E-state index contributed by atoms with van der Waals surface area (Å²) in [6, 6.07) is 7.95. The minimum absolute atomic E-state index is 0.163. The van der Waals surface area contributed by atoms with Gasteiger partial charge in [-0.2, -0.15) is 0 Å². The Morgan fingerprint density at radius 1 is 1.32 bits per heavy atom. The third-order valence-corrected chi connectivity index (χ3v) is 6.98. The minimum atomic E-state index is -3.47. The van der Waals surface area contributed by atoms with Crippen molar-refractivity contribution in [3.8, 4) is 0 Å². The highest BCUT2D eigenvalue weighted by Gasteiger charge is 2.21. The highest BCUT2D eigenvalue weighted by atomic mass is 32.2. The lowest BCUT2D eigenvalue weighted by Crippen LogP contribution is -2.29. The SMILES string of the molecule is Cc1cc(CNC(=O)CCCN(C)S(=O)(=O)c2cccs2)ccc1F. The molecule has 1 aromatic carbocycles. The van der Waals surface area contributed by atoms with Crippen molar-refractivity contribution < 1.29 is 17.6 Å². The van der Waals surface area contributed by atoms with Crippen molar-refractivity contribution in [1.29, 1.82) is 0 Å². The number of sulfonamides is 1. The van der Waals surface area contributed by atoms with Crippen molar-refractivity contribution in [1.82, 2.24) is 9.62 Å². The summed E-state index contributed by atoms with van der Waals surface area (Å²) in [6.07, 6.45) is 0.653. The number of rotatable bonds is 8. The second kappa shape index (κ2) is 8.55. The first-order chi connectivity index (χ1) is 11.8. The lowest BCUT2D eigenvalue weighted by molar-refractivity contribution is -0.121. The molecule has 0 saturated heterocycles. The topological polar surface area (TPSA) is 66.5 Å². The fourth-order valence-electron chi connectivity index (χ4n) is 2.25. The van der Waals surface area contributed by atoms with Crippen LogP contribution >= 0.6 is 11.3 Å². The number of carbonyl (C=O) groups is 1. The predicted octanol–water partition coefficient (Wildman–Crippen LogP) is 2.91. The van der Waals surface area contributed by atoms with Gasteiger partial charge in [0.1, 0.15) is 10.0 Å². The number of carbonyl (C=O) groups excluding carboxylic acids is 1. The summed E-state index contributed by atoms with van der Waals surface area (Å²) in [6.45, 7) is 2.26. The average molecular weight is 384 g/mol. The van der Waals surface area contributed by atoms with Crippen LogP contribution in [0.15, 0.2) is 39.9 Å². The molecule has 1 heterocycles. The molecule has 1 aromatic heterocycles. The molecule has 8 heteroatoms. The van der Waals surface area contributed by atoms with Gasteiger partial charge < -0.3 is 5.32 Å². The van der Waals surface area contributed by atoms with Gasteiger partial charge in [-0.25, -0.2) is 17.1 Å². The molecule has 2 aromatic rings. The van der Waals surface area contributed by atoms with Crippen LogP contribution in [0, 0.1) is 12.7 Å². The smallest absolute Gasteiger partial charge is 0.252 e. The van der Waals surface area contributed by atoms with Crippen LogP contribution in [0.2, 0.25) is 0 Å². The van der Waals surface area contributed by atoms with Crippen LogP contribution in [-0.4, -0.2) is 32.2 Å². The fourth-order valence-corrected chi connectivity index (χ4v) is 4.66. The summed E-state index contributed by atoms with van der Waals surface area (Å²) < 4.78 is 39.2. The molecule has 0 atom stereocenters. The van der Waals surface area contributed by atoms with Crippen LogP contribution in [0.25, 0.3) is 0 Å². The number of halogens is 1. The van der Waals surface area contributed by atoms with Gasteiger partial charge >= 0.3 is 0 Å². The van der Waals surface area contributed by atoms with E-state index in [9.17, 15) is 17.6 Å². The van der Waals surface area contributed by atoms with E-state index < -0.39 is 10.0 Å². The molecule has 0 radical (unpaired) electrons. The fraction of sp³-hybridized carbons (Fsp3) is 0.353. The molecule has 136 valence electrons. The summed E-state index contributed by atoms with van der Waals surface area (Å²) in [7, 11) is -1.96. The molecular formula is C17H21FN2O3S2. The van der Waals surface area contributed by atoms with E-state index in [2.05, 4.69) is 5.32 Å². The Kier molecular flexibility index (Phi) is 6.69. The van der Waals surface area contributed by atoms with Crippen LogP contribution in [0.4, 0.5) is 4.39 Å². The third kappa shape index (κ3) is 5.35. The van der Waals surface area contributed by atoms with Gasteiger partial charge in [-0.1, -0.05) is 18.2 Å².